The van der Waals surface area contributed by atoms with Crippen LogP contribution in [0.1, 0.15) is 87.7 Å². The second-order valence-electron chi connectivity index (χ2n) is 6.08. The number of nitrogens with two attached hydrogens (primary N) is 1. The van der Waals surface area contributed by atoms with Crippen LogP contribution in [0.25, 0.3) is 0 Å². The molecule has 0 radical (unpaired) electrons. The number of hydrogen-bond acceptors (Lipinski definition) is 2. The minimum atomic E-state index is 0.156. The fraction of sp³-hybridized carbons (Fsp3) is 0.824. The molecule has 2 N–H and O–H groups in total. The number of nitrogens with zero attached hydrogens (tertiary/aromatic N) is 2. The predicted octanol–water partition coefficient (Wildman–Crippen LogP) is 4.57. The number of rotatable bonds is 10. The zero-order chi connectivity index (χ0) is 15.0. The van der Waals surface area contributed by atoms with E-state index >= 15 is 0 Å². The highest BCUT2D eigenvalue weighted by molar-refractivity contribution is 5.27. The summed E-state index contributed by atoms with van der Waals surface area (Å²) in [6.07, 6.45) is 11.9. The van der Waals surface area contributed by atoms with E-state index in [9.17, 15) is 0 Å². The first-order valence-corrected chi connectivity index (χ1v) is 8.33. The van der Waals surface area contributed by atoms with Crippen LogP contribution in [0.15, 0.2) is 0 Å². The molecule has 3 heteroatoms. The quantitative estimate of drug-likeness (QED) is 0.638. The molecule has 1 unspecified atom stereocenters. The van der Waals surface area contributed by atoms with Crippen LogP contribution < -0.4 is 5.73 Å². The summed E-state index contributed by atoms with van der Waals surface area (Å²) in [5, 5.41) is 4.45. The Morgan fingerprint density at radius 3 is 2.05 bits per heavy atom. The van der Waals surface area contributed by atoms with Gasteiger partial charge in [-0.3, -0.25) is 4.68 Å². The average molecular weight is 279 g/mol. The lowest BCUT2D eigenvalue weighted by molar-refractivity contribution is 0.534. The fourth-order valence-electron chi connectivity index (χ4n) is 2.97. The molecule has 0 aliphatic carbocycles. The molecule has 1 aromatic rings. The Morgan fingerprint density at radius 2 is 1.55 bits per heavy atom. The van der Waals surface area contributed by atoms with Gasteiger partial charge in [-0.25, -0.2) is 0 Å². The number of unbranched alkanes of at least 4 members (excludes halogenated alkanes) is 7. The van der Waals surface area contributed by atoms with E-state index in [1.165, 1.54) is 62.6 Å². The molecule has 1 aromatic heterocycles. The predicted molar refractivity (Wildman–Crippen MR) is 86.8 cm³/mol. The molecule has 0 saturated heterocycles. The molecule has 1 rings (SSSR count). The number of aromatic nitrogens is 2. The van der Waals surface area contributed by atoms with Gasteiger partial charge >= 0.3 is 0 Å². The van der Waals surface area contributed by atoms with Crippen molar-refractivity contribution in [3.05, 3.63) is 17.0 Å². The summed E-state index contributed by atoms with van der Waals surface area (Å²) in [6.45, 7) is 6.45. The molecular formula is C17H33N3. The first-order valence-electron chi connectivity index (χ1n) is 8.33. The first kappa shape index (κ1) is 17.2. The minimum Gasteiger partial charge on any atom is -0.324 e. The van der Waals surface area contributed by atoms with Gasteiger partial charge in [-0.2, -0.15) is 5.10 Å². The largest absolute Gasteiger partial charge is 0.324 e. The SMILES string of the molecule is CCCCCCCCCCC(N)c1c(C)nn(C)c1C. The highest BCUT2D eigenvalue weighted by atomic mass is 15.3. The normalized spacial score (nSPS) is 12.8. The van der Waals surface area contributed by atoms with Crippen molar-refractivity contribution in [1.82, 2.24) is 9.78 Å². The molecule has 0 aliphatic heterocycles. The van der Waals surface area contributed by atoms with E-state index in [-0.39, 0.29) is 6.04 Å². The number of aryl methyl sites for hydroxylation is 2. The number of hydrogen-bond donors (Lipinski definition) is 1. The van der Waals surface area contributed by atoms with Crippen LogP contribution in [0.2, 0.25) is 0 Å². The van der Waals surface area contributed by atoms with Crippen LogP contribution in [0.5, 0.6) is 0 Å². The second kappa shape index (κ2) is 9.17. The van der Waals surface area contributed by atoms with Crippen LogP contribution in [-0.4, -0.2) is 9.78 Å². The van der Waals surface area contributed by atoms with Crippen molar-refractivity contribution in [3.63, 3.8) is 0 Å². The lowest BCUT2D eigenvalue weighted by Crippen LogP contribution is -2.12. The Bertz CT molecular complexity index is 382. The van der Waals surface area contributed by atoms with Crippen LogP contribution in [0.3, 0.4) is 0 Å². The molecular weight excluding hydrogens is 246 g/mol. The van der Waals surface area contributed by atoms with Crippen LogP contribution in [-0.2, 0) is 7.05 Å². The molecule has 0 fully saturated rings. The molecule has 116 valence electrons. The Kier molecular flexibility index (Phi) is 7.90. The minimum absolute atomic E-state index is 0.156. The van der Waals surface area contributed by atoms with Gasteiger partial charge in [0.2, 0.25) is 0 Å². The van der Waals surface area contributed by atoms with Crippen molar-refractivity contribution in [2.45, 2.75) is 84.6 Å². The zero-order valence-electron chi connectivity index (χ0n) is 13.9. The Labute approximate surface area is 124 Å². The van der Waals surface area contributed by atoms with E-state index < -0.39 is 0 Å². The van der Waals surface area contributed by atoms with Gasteiger partial charge in [0, 0.05) is 24.3 Å². The van der Waals surface area contributed by atoms with Gasteiger partial charge in [-0.1, -0.05) is 58.3 Å². The van der Waals surface area contributed by atoms with Crippen molar-refractivity contribution < 1.29 is 0 Å². The van der Waals surface area contributed by atoms with Crippen molar-refractivity contribution >= 4 is 0 Å². The Morgan fingerprint density at radius 1 is 1.00 bits per heavy atom. The van der Waals surface area contributed by atoms with Gasteiger partial charge in [0.15, 0.2) is 0 Å². The molecule has 20 heavy (non-hydrogen) atoms. The molecule has 3 nitrogen and oxygen atoms in total. The van der Waals surface area contributed by atoms with E-state index in [1.54, 1.807) is 0 Å². The third kappa shape index (κ3) is 5.28. The summed E-state index contributed by atoms with van der Waals surface area (Å²) >= 11 is 0. The van der Waals surface area contributed by atoms with Crippen molar-refractivity contribution in [1.29, 1.82) is 0 Å². The van der Waals surface area contributed by atoms with E-state index in [1.807, 2.05) is 11.7 Å². The van der Waals surface area contributed by atoms with Gasteiger partial charge in [0.25, 0.3) is 0 Å². The molecule has 0 aromatic carbocycles. The molecule has 1 atom stereocenters. The highest BCUT2D eigenvalue weighted by Crippen LogP contribution is 2.23. The third-order valence-electron chi connectivity index (χ3n) is 4.30. The summed E-state index contributed by atoms with van der Waals surface area (Å²) in [5.41, 5.74) is 9.91. The van der Waals surface area contributed by atoms with E-state index in [0.29, 0.717) is 0 Å². The van der Waals surface area contributed by atoms with Crippen molar-refractivity contribution in [3.8, 4) is 0 Å². The summed E-state index contributed by atoms with van der Waals surface area (Å²) < 4.78 is 1.94. The molecule has 0 spiro atoms. The second-order valence-corrected chi connectivity index (χ2v) is 6.08. The molecule has 0 aliphatic rings. The lowest BCUT2D eigenvalue weighted by Gasteiger charge is -2.12. The van der Waals surface area contributed by atoms with E-state index in [0.717, 1.165) is 12.1 Å². The van der Waals surface area contributed by atoms with Crippen LogP contribution in [0.4, 0.5) is 0 Å². The van der Waals surface area contributed by atoms with Gasteiger partial charge in [0.05, 0.1) is 5.69 Å². The third-order valence-corrected chi connectivity index (χ3v) is 4.30. The molecule has 0 bridgehead atoms. The smallest absolute Gasteiger partial charge is 0.0644 e. The first-order chi connectivity index (χ1) is 9.57. The van der Waals surface area contributed by atoms with Crippen molar-refractivity contribution in [2.75, 3.05) is 0 Å². The zero-order valence-corrected chi connectivity index (χ0v) is 13.9. The summed E-state index contributed by atoms with van der Waals surface area (Å²) in [7, 11) is 1.99. The Hall–Kier alpha value is -0.830. The molecule has 0 saturated carbocycles. The monoisotopic (exact) mass is 279 g/mol. The summed E-state index contributed by atoms with van der Waals surface area (Å²) in [6, 6.07) is 0.156. The van der Waals surface area contributed by atoms with E-state index in [2.05, 4.69) is 25.9 Å². The summed E-state index contributed by atoms with van der Waals surface area (Å²) in [4.78, 5) is 0. The topological polar surface area (TPSA) is 43.8 Å². The van der Waals surface area contributed by atoms with Gasteiger partial charge in [0.1, 0.15) is 0 Å². The van der Waals surface area contributed by atoms with Crippen LogP contribution >= 0.6 is 0 Å². The highest BCUT2D eigenvalue weighted by Gasteiger charge is 2.16. The maximum atomic E-state index is 6.34. The van der Waals surface area contributed by atoms with Gasteiger partial charge in [-0.15, -0.1) is 0 Å². The average Bonchev–Trinajstić information content (AvgIpc) is 2.66. The van der Waals surface area contributed by atoms with Gasteiger partial charge in [-0.05, 0) is 20.3 Å². The summed E-state index contributed by atoms with van der Waals surface area (Å²) in [5.74, 6) is 0. The molecule has 0 amide bonds. The maximum absolute atomic E-state index is 6.34. The standard InChI is InChI=1S/C17H33N3/c1-5-6-7-8-9-10-11-12-13-16(18)17-14(2)19-20(4)15(17)3/h16H,5-13,18H2,1-4H3. The van der Waals surface area contributed by atoms with Crippen LogP contribution in [0, 0.1) is 13.8 Å². The van der Waals surface area contributed by atoms with E-state index in [4.69, 9.17) is 5.73 Å². The molecule has 1 heterocycles. The lowest BCUT2D eigenvalue weighted by atomic mass is 9.99. The fourth-order valence-corrected chi connectivity index (χ4v) is 2.97. The van der Waals surface area contributed by atoms with Gasteiger partial charge < -0.3 is 5.73 Å². The van der Waals surface area contributed by atoms with Crippen molar-refractivity contribution in [2.24, 2.45) is 12.8 Å². The Balaban J connectivity index is 2.19. The maximum Gasteiger partial charge on any atom is 0.0644 e.